The highest BCUT2D eigenvalue weighted by Gasteiger charge is 2.37. The molecule has 1 heterocycles. The average Bonchev–Trinajstić information content (AvgIpc) is 3.00. The summed E-state index contributed by atoms with van der Waals surface area (Å²) in [5.74, 6) is -1.32. The second-order valence-electron chi connectivity index (χ2n) is 9.16. The third-order valence-corrected chi connectivity index (χ3v) is 8.74. The molecular weight excluding hydrogens is 505 g/mol. The van der Waals surface area contributed by atoms with E-state index in [0.717, 1.165) is 18.5 Å². The molecule has 0 fully saturated rings. The van der Waals surface area contributed by atoms with E-state index >= 15 is 4.39 Å². The van der Waals surface area contributed by atoms with Gasteiger partial charge in [0.15, 0.2) is 0 Å². The van der Waals surface area contributed by atoms with Crippen LogP contribution >= 0.6 is 0 Å². The van der Waals surface area contributed by atoms with Gasteiger partial charge in [0.1, 0.15) is 10.7 Å². The minimum atomic E-state index is -4.03. The number of nitriles is 1. The summed E-state index contributed by atoms with van der Waals surface area (Å²) in [5.41, 5.74) is 1.26. The van der Waals surface area contributed by atoms with E-state index in [1.54, 1.807) is 14.0 Å². The summed E-state index contributed by atoms with van der Waals surface area (Å²) in [4.78, 5) is 14.1. The van der Waals surface area contributed by atoms with E-state index in [1.165, 1.54) is 34.6 Å². The van der Waals surface area contributed by atoms with Gasteiger partial charge in [0.2, 0.25) is 10.0 Å². The van der Waals surface area contributed by atoms with E-state index in [4.69, 9.17) is 4.74 Å². The van der Waals surface area contributed by atoms with E-state index in [2.05, 4.69) is 0 Å². The normalized spacial score (nSPS) is 16.8. The van der Waals surface area contributed by atoms with Crippen molar-refractivity contribution in [3.63, 3.8) is 0 Å². The first-order chi connectivity index (χ1) is 18.2. The lowest BCUT2D eigenvalue weighted by molar-refractivity contribution is 0.0526. The molecule has 0 saturated heterocycles. The van der Waals surface area contributed by atoms with Crippen molar-refractivity contribution in [3.05, 3.63) is 77.6 Å². The lowest BCUT2D eigenvalue weighted by Crippen LogP contribution is -2.40. The maximum Gasteiger partial charge on any atom is 0.338 e. The lowest BCUT2D eigenvalue weighted by atomic mass is 9.96. The SMILES string of the molecule is CCCC[C@@H]1CN(c2ccccc2)c2cc(F)c(-c3cc(C(=O)OCC)ccc3C#N)cc2S(=O)(=O)N1C. The Morgan fingerprint density at radius 2 is 1.84 bits per heavy atom. The second-order valence-corrected chi connectivity index (χ2v) is 11.1. The van der Waals surface area contributed by atoms with Crippen LogP contribution in [-0.4, -0.2) is 44.9 Å². The zero-order chi connectivity index (χ0) is 27.4. The average molecular weight is 536 g/mol. The van der Waals surface area contributed by atoms with Gasteiger partial charge in [0, 0.05) is 36.4 Å². The number of benzene rings is 3. The van der Waals surface area contributed by atoms with E-state index in [0.29, 0.717) is 13.0 Å². The zero-order valence-electron chi connectivity index (χ0n) is 21.6. The van der Waals surface area contributed by atoms with Gasteiger partial charge in [0.05, 0.1) is 29.5 Å². The molecule has 0 spiro atoms. The molecule has 3 aromatic rings. The molecule has 3 aromatic carbocycles. The molecular formula is C29H30FN3O4S. The van der Waals surface area contributed by atoms with Crippen molar-refractivity contribution < 1.29 is 22.3 Å². The predicted octanol–water partition coefficient (Wildman–Crippen LogP) is 5.87. The van der Waals surface area contributed by atoms with E-state index < -0.39 is 21.8 Å². The van der Waals surface area contributed by atoms with Crippen molar-refractivity contribution >= 4 is 27.4 Å². The predicted molar refractivity (Wildman–Crippen MR) is 144 cm³/mol. The van der Waals surface area contributed by atoms with Gasteiger partial charge in [-0.2, -0.15) is 9.57 Å². The molecule has 198 valence electrons. The number of halogens is 1. The monoisotopic (exact) mass is 535 g/mol. The summed E-state index contributed by atoms with van der Waals surface area (Å²) in [6.45, 7) is 4.23. The highest BCUT2D eigenvalue weighted by atomic mass is 32.2. The summed E-state index contributed by atoms with van der Waals surface area (Å²) in [5, 5.41) is 9.72. The molecule has 0 N–H and O–H groups in total. The Hall–Kier alpha value is -3.74. The molecule has 9 heteroatoms. The van der Waals surface area contributed by atoms with Crippen LogP contribution in [-0.2, 0) is 14.8 Å². The number of ether oxygens (including phenoxy) is 1. The number of hydrogen-bond donors (Lipinski definition) is 0. The van der Waals surface area contributed by atoms with Gasteiger partial charge >= 0.3 is 5.97 Å². The van der Waals surface area contributed by atoms with Crippen LogP contribution in [0.5, 0.6) is 0 Å². The number of esters is 1. The molecule has 0 radical (unpaired) electrons. The largest absolute Gasteiger partial charge is 0.462 e. The van der Waals surface area contributed by atoms with Crippen molar-refractivity contribution in [1.82, 2.24) is 4.31 Å². The molecule has 4 rings (SSSR count). The molecule has 0 amide bonds. The molecule has 0 saturated carbocycles. The quantitative estimate of drug-likeness (QED) is 0.351. The number of hydrogen-bond acceptors (Lipinski definition) is 6. The van der Waals surface area contributed by atoms with Crippen molar-refractivity contribution in [1.29, 1.82) is 5.26 Å². The second kappa shape index (κ2) is 11.3. The maximum atomic E-state index is 15.9. The van der Waals surface area contributed by atoms with Crippen LogP contribution in [0.15, 0.2) is 65.6 Å². The van der Waals surface area contributed by atoms with Crippen LogP contribution in [0.2, 0.25) is 0 Å². The van der Waals surface area contributed by atoms with Crippen molar-refractivity contribution in [2.45, 2.75) is 44.0 Å². The standard InChI is InChI=1S/C29H30FN3O4S/c1-4-6-10-23-19-33(22-11-8-7-9-12-22)27-17-26(30)25(16-28(27)38(35,36)32(23)3)24-15-20(29(34)37-5-2)13-14-21(24)18-31/h7-9,11-17,23H,4-6,10,19H2,1-3H3/t23-/m1/s1. The van der Waals surface area contributed by atoms with Gasteiger partial charge < -0.3 is 9.64 Å². The molecule has 0 unspecified atom stereocenters. The van der Waals surface area contributed by atoms with E-state index in [9.17, 15) is 18.5 Å². The van der Waals surface area contributed by atoms with E-state index in [1.807, 2.05) is 48.2 Å². The first kappa shape index (κ1) is 27.3. The van der Waals surface area contributed by atoms with Crippen LogP contribution in [0.25, 0.3) is 11.1 Å². The smallest absolute Gasteiger partial charge is 0.338 e. The van der Waals surface area contributed by atoms with Crippen LogP contribution in [0.1, 0.15) is 49.0 Å². The highest BCUT2D eigenvalue weighted by molar-refractivity contribution is 7.89. The van der Waals surface area contributed by atoms with Gasteiger partial charge in [-0.1, -0.05) is 38.0 Å². The summed E-state index contributed by atoms with van der Waals surface area (Å²) in [6.07, 6.45) is 2.41. The van der Waals surface area contributed by atoms with Gasteiger partial charge in [0.25, 0.3) is 0 Å². The minimum absolute atomic E-state index is 0.0651. The number of anilines is 2. The first-order valence-corrected chi connectivity index (χ1v) is 14.0. The number of nitrogens with zero attached hydrogens (tertiary/aromatic N) is 3. The van der Waals surface area contributed by atoms with Gasteiger partial charge in [-0.3, -0.25) is 0 Å². The first-order valence-electron chi connectivity index (χ1n) is 12.6. The number of rotatable bonds is 7. The van der Waals surface area contributed by atoms with Crippen LogP contribution in [0.3, 0.4) is 0 Å². The topological polar surface area (TPSA) is 90.7 Å². The fraction of sp³-hybridized carbons (Fsp3) is 0.310. The molecule has 0 aromatic heterocycles. The Labute approximate surface area is 223 Å². The number of sulfonamides is 1. The molecule has 1 atom stereocenters. The Morgan fingerprint density at radius 3 is 2.50 bits per heavy atom. The molecule has 0 aliphatic carbocycles. The molecule has 38 heavy (non-hydrogen) atoms. The molecule has 1 aliphatic heterocycles. The number of para-hydroxylation sites is 1. The zero-order valence-corrected chi connectivity index (χ0v) is 22.5. The summed E-state index contributed by atoms with van der Waals surface area (Å²) < 4.78 is 50.1. The number of carbonyl (C=O) groups excluding carboxylic acids is 1. The van der Waals surface area contributed by atoms with Crippen molar-refractivity contribution in [2.75, 3.05) is 25.1 Å². The Bertz CT molecular complexity index is 1490. The van der Waals surface area contributed by atoms with Crippen LogP contribution in [0.4, 0.5) is 15.8 Å². The van der Waals surface area contributed by atoms with Crippen LogP contribution < -0.4 is 4.90 Å². The van der Waals surface area contributed by atoms with Gasteiger partial charge in [-0.15, -0.1) is 0 Å². The maximum absolute atomic E-state index is 15.9. The Balaban J connectivity index is 1.96. The molecule has 0 bridgehead atoms. The fourth-order valence-corrected chi connectivity index (χ4v) is 6.29. The lowest BCUT2D eigenvalue weighted by Gasteiger charge is -2.29. The minimum Gasteiger partial charge on any atom is -0.462 e. The van der Waals surface area contributed by atoms with Gasteiger partial charge in [-0.25, -0.2) is 17.6 Å². The fourth-order valence-electron chi connectivity index (χ4n) is 4.71. The number of fused-ring (bicyclic) bond motifs is 1. The van der Waals surface area contributed by atoms with Crippen molar-refractivity contribution in [2.24, 2.45) is 0 Å². The third-order valence-electron chi connectivity index (χ3n) is 6.80. The van der Waals surface area contributed by atoms with E-state index in [-0.39, 0.29) is 45.5 Å². The summed E-state index contributed by atoms with van der Waals surface area (Å²) in [7, 11) is -2.47. The summed E-state index contributed by atoms with van der Waals surface area (Å²) in [6, 6.07) is 17.7. The van der Waals surface area contributed by atoms with Gasteiger partial charge in [-0.05, 0) is 55.8 Å². The molecule has 1 aliphatic rings. The number of carbonyl (C=O) groups is 1. The Kier molecular flexibility index (Phi) is 8.14. The Morgan fingerprint density at radius 1 is 1.11 bits per heavy atom. The number of unbranched alkanes of at least 4 members (excludes halogenated alkanes) is 1. The third kappa shape index (κ3) is 5.15. The highest BCUT2D eigenvalue weighted by Crippen LogP contribution is 2.41. The molecule has 7 nitrogen and oxygen atoms in total. The van der Waals surface area contributed by atoms with Crippen molar-refractivity contribution in [3.8, 4) is 17.2 Å². The summed E-state index contributed by atoms with van der Waals surface area (Å²) >= 11 is 0. The van der Waals surface area contributed by atoms with Crippen LogP contribution in [0, 0.1) is 17.1 Å². The number of likely N-dealkylation sites (N-methyl/N-ethyl adjacent to an activating group) is 1.